The highest BCUT2D eigenvalue weighted by molar-refractivity contribution is 7.17. The van der Waals surface area contributed by atoms with Crippen LogP contribution in [0.2, 0.25) is 0 Å². The highest BCUT2D eigenvalue weighted by Crippen LogP contribution is 2.35. The Hall–Kier alpha value is -2.41. The van der Waals surface area contributed by atoms with Crippen LogP contribution in [0.15, 0.2) is 24.3 Å². The third-order valence-corrected chi connectivity index (χ3v) is 5.94. The summed E-state index contributed by atoms with van der Waals surface area (Å²) in [6.07, 6.45) is 1.16. The molecule has 1 aromatic carbocycles. The molecule has 0 saturated carbocycles. The number of carboxylic acid groups (broad SMARTS) is 1. The minimum atomic E-state index is -1.15. The maximum atomic E-state index is 13.0. The van der Waals surface area contributed by atoms with Gasteiger partial charge >= 0.3 is 5.97 Å². The number of aryl methyl sites for hydroxylation is 1. The van der Waals surface area contributed by atoms with E-state index in [1.54, 1.807) is 13.8 Å². The molecule has 1 fully saturated rings. The fraction of sp³-hybridized carbons (Fsp3) is 0.421. The van der Waals surface area contributed by atoms with Crippen molar-refractivity contribution in [3.63, 3.8) is 0 Å². The summed E-state index contributed by atoms with van der Waals surface area (Å²) in [7, 11) is 0. The maximum Gasteiger partial charge on any atom is 0.329 e. The van der Waals surface area contributed by atoms with Crippen LogP contribution in [0.4, 0.5) is 0 Å². The number of thiazole rings is 1. The van der Waals surface area contributed by atoms with Crippen molar-refractivity contribution >= 4 is 23.2 Å². The van der Waals surface area contributed by atoms with Gasteiger partial charge in [0.05, 0.1) is 12.3 Å². The Morgan fingerprint density at radius 3 is 2.65 bits per heavy atom. The number of rotatable bonds is 5. The molecule has 1 saturated heterocycles. The van der Waals surface area contributed by atoms with Crippen molar-refractivity contribution in [2.75, 3.05) is 13.2 Å². The zero-order chi connectivity index (χ0) is 18.9. The monoisotopic (exact) mass is 374 g/mol. The molecule has 26 heavy (non-hydrogen) atoms. The lowest BCUT2D eigenvalue weighted by Crippen LogP contribution is -2.50. The van der Waals surface area contributed by atoms with Gasteiger partial charge in [-0.25, -0.2) is 9.78 Å². The normalized spacial score (nSPS) is 19.6. The van der Waals surface area contributed by atoms with Gasteiger partial charge in [-0.3, -0.25) is 4.79 Å². The molecule has 3 rings (SSSR count). The highest BCUT2D eigenvalue weighted by Gasteiger charge is 2.46. The molecule has 1 N–H and O–H groups in total. The number of aromatic nitrogens is 1. The number of likely N-dealkylation sites (tertiary alicyclic amines) is 1. The molecule has 7 heteroatoms. The molecule has 2 heterocycles. The molecular formula is C19H22N2O4S. The summed E-state index contributed by atoms with van der Waals surface area (Å²) >= 11 is 1.30. The first-order chi connectivity index (χ1) is 12.4. The summed E-state index contributed by atoms with van der Waals surface area (Å²) < 4.78 is 5.44. The van der Waals surface area contributed by atoms with Crippen molar-refractivity contribution in [2.45, 2.75) is 39.2 Å². The van der Waals surface area contributed by atoms with Gasteiger partial charge in [0.15, 0.2) is 0 Å². The van der Waals surface area contributed by atoms with E-state index in [1.165, 1.54) is 16.2 Å². The lowest BCUT2D eigenvalue weighted by Gasteiger charge is -2.30. The van der Waals surface area contributed by atoms with Gasteiger partial charge in [-0.05, 0) is 57.9 Å². The lowest BCUT2D eigenvalue weighted by molar-refractivity contribution is -0.147. The minimum Gasteiger partial charge on any atom is -0.494 e. The molecule has 1 amide bonds. The third kappa shape index (κ3) is 3.19. The molecule has 138 valence electrons. The van der Waals surface area contributed by atoms with Crippen molar-refractivity contribution in [2.24, 2.45) is 0 Å². The van der Waals surface area contributed by atoms with E-state index in [2.05, 4.69) is 4.98 Å². The molecular weight excluding hydrogens is 352 g/mol. The van der Waals surface area contributed by atoms with Gasteiger partial charge in [-0.15, -0.1) is 11.3 Å². The average Bonchev–Trinajstić information content (AvgIpc) is 3.19. The van der Waals surface area contributed by atoms with Crippen molar-refractivity contribution < 1.29 is 19.4 Å². The smallest absolute Gasteiger partial charge is 0.329 e. The number of nitrogens with zero attached hydrogens (tertiary/aromatic N) is 2. The number of hydrogen-bond donors (Lipinski definition) is 1. The highest BCUT2D eigenvalue weighted by atomic mass is 32.1. The van der Waals surface area contributed by atoms with Gasteiger partial charge < -0.3 is 14.7 Å². The van der Waals surface area contributed by atoms with Gasteiger partial charge in [0, 0.05) is 12.1 Å². The van der Waals surface area contributed by atoms with Gasteiger partial charge in [-0.1, -0.05) is 0 Å². The molecule has 1 atom stereocenters. The molecule has 6 nitrogen and oxygen atoms in total. The van der Waals surface area contributed by atoms with E-state index in [-0.39, 0.29) is 5.91 Å². The molecule has 1 aliphatic heterocycles. The van der Waals surface area contributed by atoms with E-state index in [4.69, 9.17) is 4.74 Å². The molecule has 2 aromatic rings. The quantitative estimate of drug-likeness (QED) is 0.865. The van der Waals surface area contributed by atoms with E-state index < -0.39 is 11.5 Å². The predicted octanol–water partition coefficient (Wildman–Crippen LogP) is 3.60. The fourth-order valence-corrected chi connectivity index (χ4v) is 4.23. The van der Waals surface area contributed by atoms with Gasteiger partial charge in [0.2, 0.25) is 0 Å². The standard InChI is InChI=1S/C19H22N2O4S/c1-4-25-14-8-6-13(7-9-14)16-20-12(2)15(26-16)17(22)21-11-5-10-19(21,3)18(23)24/h6-9H,4-5,10-11H2,1-3H3,(H,23,24). The van der Waals surface area contributed by atoms with Crippen molar-refractivity contribution in [1.29, 1.82) is 0 Å². The van der Waals surface area contributed by atoms with Crippen LogP contribution in [0.1, 0.15) is 42.1 Å². The zero-order valence-corrected chi connectivity index (χ0v) is 15.9. The second-order valence-corrected chi connectivity index (χ2v) is 7.53. The molecule has 0 radical (unpaired) electrons. The molecule has 1 aliphatic rings. The number of hydrogen-bond acceptors (Lipinski definition) is 5. The number of benzene rings is 1. The van der Waals surface area contributed by atoms with E-state index in [9.17, 15) is 14.7 Å². The van der Waals surface area contributed by atoms with Crippen molar-refractivity contribution in [3.05, 3.63) is 34.8 Å². The summed E-state index contributed by atoms with van der Waals surface area (Å²) in [6.45, 7) is 6.39. The van der Waals surface area contributed by atoms with Crippen LogP contribution in [0.5, 0.6) is 5.75 Å². The molecule has 0 bridgehead atoms. The number of carboxylic acids is 1. The Bertz CT molecular complexity index is 831. The average molecular weight is 374 g/mol. The van der Waals surface area contributed by atoms with Crippen LogP contribution < -0.4 is 4.74 Å². The molecule has 1 aromatic heterocycles. The predicted molar refractivity (Wildman–Crippen MR) is 99.8 cm³/mol. The fourth-order valence-electron chi connectivity index (χ4n) is 3.21. The SMILES string of the molecule is CCOc1ccc(-c2nc(C)c(C(=O)N3CCCC3(C)C(=O)O)s2)cc1. The van der Waals surface area contributed by atoms with Gasteiger partial charge in [-0.2, -0.15) is 0 Å². The number of carbonyl (C=O) groups excluding carboxylic acids is 1. The van der Waals surface area contributed by atoms with Crippen LogP contribution in [0, 0.1) is 6.92 Å². The number of amides is 1. The van der Waals surface area contributed by atoms with E-state index in [0.717, 1.165) is 16.3 Å². The second-order valence-electron chi connectivity index (χ2n) is 6.53. The largest absolute Gasteiger partial charge is 0.494 e. The number of aliphatic carboxylic acids is 1. The molecule has 0 aliphatic carbocycles. The van der Waals surface area contributed by atoms with Crippen LogP contribution in [0.3, 0.4) is 0 Å². The van der Waals surface area contributed by atoms with E-state index in [0.29, 0.717) is 36.6 Å². The van der Waals surface area contributed by atoms with E-state index >= 15 is 0 Å². The zero-order valence-electron chi connectivity index (χ0n) is 15.1. The van der Waals surface area contributed by atoms with Crippen LogP contribution in [-0.2, 0) is 4.79 Å². The number of ether oxygens (including phenoxy) is 1. The Morgan fingerprint density at radius 2 is 2.04 bits per heavy atom. The van der Waals surface area contributed by atoms with Gasteiger partial charge in [0.1, 0.15) is 21.2 Å². The van der Waals surface area contributed by atoms with Crippen LogP contribution >= 0.6 is 11.3 Å². The van der Waals surface area contributed by atoms with E-state index in [1.807, 2.05) is 31.2 Å². The summed E-state index contributed by atoms with van der Waals surface area (Å²) in [5.74, 6) is -0.424. The number of carbonyl (C=O) groups is 2. The topological polar surface area (TPSA) is 79.7 Å². The Kier molecular flexibility index (Phi) is 5.00. The van der Waals surface area contributed by atoms with Gasteiger partial charge in [0.25, 0.3) is 5.91 Å². The van der Waals surface area contributed by atoms with Crippen LogP contribution in [0.25, 0.3) is 10.6 Å². The first-order valence-electron chi connectivity index (χ1n) is 8.63. The maximum absolute atomic E-state index is 13.0. The first kappa shape index (κ1) is 18.4. The van der Waals surface area contributed by atoms with Crippen molar-refractivity contribution in [1.82, 2.24) is 9.88 Å². The summed E-state index contributed by atoms with van der Waals surface area (Å²) in [6, 6.07) is 7.57. The Morgan fingerprint density at radius 1 is 1.35 bits per heavy atom. The molecule has 0 spiro atoms. The van der Waals surface area contributed by atoms with Crippen LogP contribution in [-0.4, -0.2) is 45.6 Å². The minimum absolute atomic E-state index is 0.250. The summed E-state index contributed by atoms with van der Waals surface area (Å²) in [4.78, 5) is 31.1. The lowest BCUT2D eigenvalue weighted by atomic mass is 9.99. The second kappa shape index (κ2) is 7.07. The van der Waals surface area contributed by atoms with Crippen molar-refractivity contribution in [3.8, 4) is 16.3 Å². The summed E-state index contributed by atoms with van der Waals surface area (Å²) in [5.41, 5.74) is 0.388. The summed E-state index contributed by atoms with van der Waals surface area (Å²) in [5, 5.41) is 10.3. The Balaban J connectivity index is 1.88. The molecule has 1 unspecified atom stereocenters. The first-order valence-corrected chi connectivity index (χ1v) is 9.44. The third-order valence-electron chi connectivity index (χ3n) is 4.75. The Labute approximate surface area is 156 Å².